The topological polar surface area (TPSA) is 29.0 Å². The summed E-state index contributed by atoms with van der Waals surface area (Å²) in [6.07, 6.45) is 11.7. The lowest BCUT2D eigenvalue weighted by atomic mass is 10.1. The molecule has 0 bridgehead atoms. The number of hydrogen-bond acceptors (Lipinski definition) is 3. The predicted molar refractivity (Wildman–Crippen MR) is 91.9 cm³/mol. The van der Waals surface area contributed by atoms with Crippen molar-refractivity contribution in [3.8, 4) is 0 Å². The Morgan fingerprint density at radius 3 is 2.48 bits per heavy atom. The largest absolute Gasteiger partial charge is 0.338 e. The molecule has 0 spiro atoms. The molecule has 1 aromatic heterocycles. The van der Waals surface area contributed by atoms with Gasteiger partial charge in [0, 0.05) is 24.5 Å². The van der Waals surface area contributed by atoms with Gasteiger partial charge >= 0.3 is 0 Å². The van der Waals surface area contributed by atoms with Crippen LogP contribution < -0.4 is 4.90 Å². The summed E-state index contributed by atoms with van der Waals surface area (Å²) in [5.41, 5.74) is 1.18. The van der Waals surface area contributed by atoms with Crippen molar-refractivity contribution in [2.75, 3.05) is 11.4 Å². The maximum atomic E-state index is 4.79. The van der Waals surface area contributed by atoms with E-state index in [0.29, 0.717) is 6.04 Å². The summed E-state index contributed by atoms with van der Waals surface area (Å²) in [5, 5.41) is 0. The van der Waals surface area contributed by atoms with Crippen molar-refractivity contribution in [1.82, 2.24) is 9.97 Å². The Morgan fingerprint density at radius 1 is 1.05 bits per heavy atom. The van der Waals surface area contributed by atoms with Crippen LogP contribution in [0.3, 0.4) is 0 Å². The van der Waals surface area contributed by atoms with Crippen LogP contribution in [0.15, 0.2) is 12.3 Å². The molecule has 0 aliphatic carbocycles. The second-order valence-corrected chi connectivity index (χ2v) is 5.99. The van der Waals surface area contributed by atoms with E-state index in [1.165, 1.54) is 44.2 Å². The predicted octanol–water partition coefficient (Wildman–Crippen LogP) is 5.00. The van der Waals surface area contributed by atoms with E-state index in [9.17, 15) is 0 Å². The van der Waals surface area contributed by atoms with Gasteiger partial charge in [-0.2, -0.15) is 0 Å². The smallest absolute Gasteiger partial charge is 0.225 e. The molecular weight excluding hydrogens is 258 g/mol. The molecule has 0 N–H and O–H groups in total. The molecule has 0 saturated heterocycles. The van der Waals surface area contributed by atoms with Crippen LogP contribution >= 0.6 is 0 Å². The number of hydrogen-bond donors (Lipinski definition) is 0. The molecule has 21 heavy (non-hydrogen) atoms. The van der Waals surface area contributed by atoms with Crippen molar-refractivity contribution in [3.05, 3.63) is 18.0 Å². The zero-order valence-electron chi connectivity index (χ0n) is 14.4. The molecule has 1 atom stereocenters. The molecule has 1 rings (SSSR count). The first-order valence-electron chi connectivity index (χ1n) is 8.81. The first-order chi connectivity index (χ1) is 10.2. The van der Waals surface area contributed by atoms with Crippen molar-refractivity contribution < 1.29 is 0 Å². The number of aromatic nitrogens is 2. The van der Waals surface area contributed by atoms with E-state index in [-0.39, 0.29) is 0 Å². The second kappa shape index (κ2) is 10.6. The van der Waals surface area contributed by atoms with Crippen LogP contribution in [0.1, 0.15) is 78.3 Å². The lowest BCUT2D eigenvalue weighted by Gasteiger charge is -2.29. The van der Waals surface area contributed by atoms with Gasteiger partial charge in [0.15, 0.2) is 0 Å². The Labute approximate surface area is 131 Å². The third-order valence-corrected chi connectivity index (χ3v) is 3.97. The number of anilines is 1. The molecule has 0 saturated carbocycles. The molecule has 0 aliphatic heterocycles. The number of rotatable bonds is 11. The van der Waals surface area contributed by atoms with Crippen LogP contribution in [0, 0.1) is 0 Å². The quantitative estimate of drug-likeness (QED) is 0.537. The van der Waals surface area contributed by atoms with E-state index < -0.39 is 0 Å². The van der Waals surface area contributed by atoms with Crippen molar-refractivity contribution in [3.63, 3.8) is 0 Å². The molecule has 0 aromatic carbocycles. The SMILES string of the molecule is CCCCCC(C)N(CCC)c1nccc(CCCC)n1. The lowest BCUT2D eigenvalue weighted by molar-refractivity contribution is 0.534. The average Bonchev–Trinajstić information content (AvgIpc) is 2.51. The van der Waals surface area contributed by atoms with Crippen LogP contribution in [0.5, 0.6) is 0 Å². The van der Waals surface area contributed by atoms with Gasteiger partial charge in [0.1, 0.15) is 0 Å². The summed E-state index contributed by atoms with van der Waals surface area (Å²) in [6.45, 7) is 10.1. The molecule has 0 fully saturated rings. The summed E-state index contributed by atoms with van der Waals surface area (Å²) in [4.78, 5) is 11.7. The fourth-order valence-electron chi connectivity index (χ4n) is 2.62. The van der Waals surface area contributed by atoms with Crippen molar-refractivity contribution in [2.45, 2.75) is 85.1 Å². The van der Waals surface area contributed by atoms with E-state index in [1.807, 2.05) is 6.20 Å². The number of aryl methyl sites for hydroxylation is 1. The van der Waals surface area contributed by atoms with E-state index in [4.69, 9.17) is 4.98 Å². The highest BCUT2D eigenvalue weighted by Crippen LogP contribution is 2.17. The van der Waals surface area contributed by atoms with Gasteiger partial charge in [-0.15, -0.1) is 0 Å². The minimum Gasteiger partial charge on any atom is -0.338 e. The first kappa shape index (κ1) is 17.9. The Balaban J connectivity index is 2.73. The van der Waals surface area contributed by atoms with Crippen molar-refractivity contribution >= 4 is 5.95 Å². The summed E-state index contributed by atoms with van der Waals surface area (Å²) in [5.74, 6) is 0.925. The van der Waals surface area contributed by atoms with E-state index in [1.54, 1.807) is 0 Å². The number of nitrogens with zero attached hydrogens (tertiary/aromatic N) is 3. The van der Waals surface area contributed by atoms with Gasteiger partial charge in [0.2, 0.25) is 5.95 Å². The van der Waals surface area contributed by atoms with Crippen molar-refractivity contribution in [1.29, 1.82) is 0 Å². The van der Waals surface area contributed by atoms with E-state index in [2.05, 4.69) is 43.6 Å². The summed E-state index contributed by atoms with van der Waals surface area (Å²) >= 11 is 0. The van der Waals surface area contributed by atoms with Gasteiger partial charge in [0.05, 0.1) is 0 Å². The zero-order chi connectivity index (χ0) is 15.5. The van der Waals surface area contributed by atoms with Gasteiger partial charge < -0.3 is 4.90 Å². The molecule has 0 radical (unpaired) electrons. The Morgan fingerprint density at radius 2 is 1.81 bits per heavy atom. The van der Waals surface area contributed by atoms with Crippen LogP contribution in [0.25, 0.3) is 0 Å². The molecule has 0 amide bonds. The molecule has 1 aromatic rings. The molecular formula is C18H33N3. The maximum absolute atomic E-state index is 4.79. The molecule has 3 nitrogen and oxygen atoms in total. The lowest BCUT2D eigenvalue weighted by Crippen LogP contribution is -2.35. The Bertz CT molecular complexity index is 378. The summed E-state index contributed by atoms with van der Waals surface area (Å²) < 4.78 is 0. The van der Waals surface area contributed by atoms with Crippen LogP contribution in [0.2, 0.25) is 0 Å². The summed E-state index contributed by atoms with van der Waals surface area (Å²) in [7, 11) is 0. The minimum absolute atomic E-state index is 0.526. The monoisotopic (exact) mass is 291 g/mol. The second-order valence-electron chi connectivity index (χ2n) is 5.99. The fraction of sp³-hybridized carbons (Fsp3) is 0.778. The molecule has 0 aliphatic rings. The first-order valence-corrected chi connectivity index (χ1v) is 8.81. The zero-order valence-corrected chi connectivity index (χ0v) is 14.4. The fourth-order valence-corrected chi connectivity index (χ4v) is 2.62. The molecule has 120 valence electrons. The van der Waals surface area contributed by atoms with Gasteiger partial charge in [-0.05, 0) is 38.7 Å². The summed E-state index contributed by atoms with van der Waals surface area (Å²) in [6, 6.07) is 2.59. The maximum Gasteiger partial charge on any atom is 0.225 e. The highest BCUT2D eigenvalue weighted by atomic mass is 15.3. The van der Waals surface area contributed by atoms with Gasteiger partial charge in [-0.25, -0.2) is 9.97 Å². The van der Waals surface area contributed by atoms with Crippen LogP contribution in [-0.2, 0) is 6.42 Å². The third kappa shape index (κ3) is 6.45. The van der Waals surface area contributed by atoms with Crippen LogP contribution in [-0.4, -0.2) is 22.6 Å². The Kier molecular flexibility index (Phi) is 9.04. The molecule has 1 heterocycles. The normalized spacial score (nSPS) is 12.4. The highest BCUT2D eigenvalue weighted by Gasteiger charge is 2.16. The highest BCUT2D eigenvalue weighted by molar-refractivity contribution is 5.31. The minimum atomic E-state index is 0.526. The van der Waals surface area contributed by atoms with Gasteiger partial charge in [-0.3, -0.25) is 0 Å². The Hall–Kier alpha value is -1.12. The standard InChI is InChI=1S/C18H33N3/c1-5-8-10-11-16(4)21(15-7-3)18-19-14-13-17(20-18)12-9-6-2/h13-14,16H,5-12,15H2,1-4H3. The molecule has 3 heteroatoms. The third-order valence-electron chi connectivity index (χ3n) is 3.97. The number of unbranched alkanes of at least 4 members (excludes halogenated alkanes) is 3. The average molecular weight is 291 g/mol. The van der Waals surface area contributed by atoms with Gasteiger partial charge in [-0.1, -0.05) is 46.5 Å². The van der Waals surface area contributed by atoms with E-state index in [0.717, 1.165) is 25.3 Å². The van der Waals surface area contributed by atoms with Crippen molar-refractivity contribution in [2.24, 2.45) is 0 Å². The van der Waals surface area contributed by atoms with Crippen LogP contribution in [0.4, 0.5) is 5.95 Å². The molecule has 1 unspecified atom stereocenters. The van der Waals surface area contributed by atoms with E-state index >= 15 is 0 Å². The van der Waals surface area contributed by atoms with Gasteiger partial charge in [0.25, 0.3) is 0 Å².